The summed E-state index contributed by atoms with van der Waals surface area (Å²) in [6.07, 6.45) is 0. The minimum absolute atomic E-state index is 0.563. The lowest BCUT2D eigenvalue weighted by Crippen LogP contribution is -1.72. The molecule has 0 amide bonds. The van der Waals surface area contributed by atoms with E-state index in [2.05, 4.69) is 10.4 Å². The zero-order chi connectivity index (χ0) is 7.68. The Hall–Kier alpha value is -1.89. The summed E-state index contributed by atoms with van der Waals surface area (Å²) in [6.45, 7) is 0. The zero-order valence-electron chi connectivity index (χ0n) is 5.48. The van der Waals surface area contributed by atoms with E-state index in [1.165, 1.54) is 0 Å². The third kappa shape index (κ3) is 0.829. The summed E-state index contributed by atoms with van der Waals surface area (Å²) in [4.78, 5) is 0. The molecule has 0 spiro atoms. The molecule has 0 atom stereocenters. The van der Waals surface area contributed by atoms with Gasteiger partial charge in [0.2, 0.25) is 0 Å². The quantitative estimate of drug-likeness (QED) is 0.556. The molecule has 0 aliphatic carbocycles. The molecule has 2 rings (SSSR count). The average molecular weight is 145 g/mol. The van der Waals surface area contributed by atoms with Gasteiger partial charge in [-0.05, 0) is 18.2 Å². The van der Waals surface area contributed by atoms with Crippen LogP contribution in [0.5, 0.6) is 0 Å². The van der Waals surface area contributed by atoms with Crippen molar-refractivity contribution in [1.82, 2.24) is 10.4 Å². The summed E-state index contributed by atoms with van der Waals surface area (Å²) >= 11 is 0. The molecule has 0 aliphatic heterocycles. The molecule has 0 saturated carbocycles. The number of nitrogens with zero attached hydrogens (tertiary/aromatic N) is 3. The van der Waals surface area contributed by atoms with Crippen LogP contribution >= 0.6 is 0 Å². The highest BCUT2D eigenvalue weighted by Gasteiger charge is 1.99. The van der Waals surface area contributed by atoms with Crippen LogP contribution in [0.2, 0.25) is 0 Å². The summed E-state index contributed by atoms with van der Waals surface area (Å²) in [6, 6.07) is 6.97. The van der Waals surface area contributed by atoms with Crippen LogP contribution in [0.3, 0.4) is 0 Å². The van der Waals surface area contributed by atoms with Crippen molar-refractivity contribution in [2.75, 3.05) is 0 Å². The van der Waals surface area contributed by atoms with Crippen molar-refractivity contribution in [2.24, 2.45) is 0 Å². The lowest BCUT2D eigenvalue weighted by atomic mass is 10.2. The summed E-state index contributed by atoms with van der Waals surface area (Å²) in [5.41, 5.74) is 1.78. The van der Waals surface area contributed by atoms with E-state index in [4.69, 9.17) is 9.78 Å². The number of benzene rings is 1. The number of hydrogen-bond acceptors (Lipinski definition) is 4. The Labute approximate surface area is 62.0 Å². The maximum atomic E-state index is 8.51. The first-order valence-electron chi connectivity index (χ1n) is 3.02. The Bertz CT molecular complexity index is 426. The van der Waals surface area contributed by atoms with Crippen LogP contribution in [0.15, 0.2) is 22.7 Å². The fourth-order valence-corrected chi connectivity index (χ4v) is 0.851. The molecule has 0 aliphatic rings. The van der Waals surface area contributed by atoms with E-state index in [0.29, 0.717) is 16.7 Å². The topological polar surface area (TPSA) is 62.7 Å². The highest BCUT2D eigenvalue weighted by Crippen LogP contribution is 2.11. The molecule has 0 radical (unpaired) electrons. The van der Waals surface area contributed by atoms with Gasteiger partial charge >= 0.3 is 0 Å². The first-order valence-corrected chi connectivity index (χ1v) is 3.02. The second-order valence-electron chi connectivity index (χ2n) is 2.07. The lowest BCUT2D eigenvalue weighted by molar-refractivity contribution is 0.424. The number of fused-ring (bicyclic) bond motifs is 1. The van der Waals surface area contributed by atoms with E-state index in [1.54, 1.807) is 18.2 Å². The van der Waals surface area contributed by atoms with Crippen LogP contribution in [-0.4, -0.2) is 10.4 Å². The van der Waals surface area contributed by atoms with E-state index in [9.17, 15) is 0 Å². The summed E-state index contributed by atoms with van der Waals surface area (Å²) in [5.74, 6) is 0. The highest BCUT2D eigenvalue weighted by atomic mass is 16.5. The number of aromatic nitrogens is 2. The van der Waals surface area contributed by atoms with Gasteiger partial charge in [-0.25, -0.2) is 0 Å². The Morgan fingerprint density at radius 2 is 2.36 bits per heavy atom. The third-order valence-corrected chi connectivity index (χ3v) is 1.38. The number of hydrogen-bond donors (Lipinski definition) is 0. The maximum absolute atomic E-state index is 8.51. The molecule has 1 heterocycles. The smallest absolute Gasteiger partial charge is 0.187 e. The summed E-state index contributed by atoms with van der Waals surface area (Å²) < 4.78 is 4.75. The SMILES string of the molecule is N#Cc1ccc2onnc2c1. The molecular weight excluding hydrogens is 142 g/mol. The maximum Gasteiger partial charge on any atom is 0.187 e. The summed E-state index contributed by atoms with van der Waals surface area (Å²) in [7, 11) is 0. The van der Waals surface area contributed by atoms with Gasteiger partial charge < -0.3 is 4.52 Å². The fraction of sp³-hybridized carbons (Fsp3) is 0. The second-order valence-corrected chi connectivity index (χ2v) is 2.07. The Morgan fingerprint density at radius 1 is 1.45 bits per heavy atom. The van der Waals surface area contributed by atoms with E-state index >= 15 is 0 Å². The van der Waals surface area contributed by atoms with Crippen molar-refractivity contribution >= 4 is 11.1 Å². The van der Waals surface area contributed by atoms with E-state index in [0.717, 1.165) is 0 Å². The van der Waals surface area contributed by atoms with Crippen molar-refractivity contribution in [3.63, 3.8) is 0 Å². The van der Waals surface area contributed by atoms with Crippen LogP contribution in [0.25, 0.3) is 11.1 Å². The fourth-order valence-electron chi connectivity index (χ4n) is 0.851. The van der Waals surface area contributed by atoms with Gasteiger partial charge in [0.1, 0.15) is 5.52 Å². The Balaban J connectivity index is 2.79. The van der Waals surface area contributed by atoms with Crippen LogP contribution in [-0.2, 0) is 0 Å². The molecule has 0 unspecified atom stereocenters. The van der Waals surface area contributed by atoms with Crippen molar-refractivity contribution in [1.29, 1.82) is 5.26 Å². The predicted molar refractivity (Wildman–Crippen MR) is 36.5 cm³/mol. The first kappa shape index (κ1) is 5.86. The normalized spacial score (nSPS) is 9.73. The van der Waals surface area contributed by atoms with Crippen LogP contribution in [0.1, 0.15) is 5.56 Å². The zero-order valence-corrected chi connectivity index (χ0v) is 5.48. The van der Waals surface area contributed by atoms with Crippen LogP contribution in [0.4, 0.5) is 0 Å². The highest BCUT2D eigenvalue weighted by molar-refractivity contribution is 5.72. The van der Waals surface area contributed by atoms with E-state index < -0.39 is 0 Å². The van der Waals surface area contributed by atoms with Crippen molar-refractivity contribution in [3.05, 3.63) is 23.8 Å². The minimum Gasteiger partial charge on any atom is -0.337 e. The largest absolute Gasteiger partial charge is 0.337 e. The predicted octanol–water partition coefficient (Wildman–Crippen LogP) is 1.09. The van der Waals surface area contributed by atoms with E-state index in [-0.39, 0.29) is 0 Å². The number of nitriles is 1. The Kier molecular flexibility index (Phi) is 1.10. The molecule has 4 heteroatoms. The molecule has 0 N–H and O–H groups in total. The van der Waals surface area contributed by atoms with Crippen molar-refractivity contribution in [3.8, 4) is 6.07 Å². The van der Waals surface area contributed by atoms with Gasteiger partial charge in [-0.2, -0.15) is 5.26 Å². The third-order valence-electron chi connectivity index (χ3n) is 1.38. The monoisotopic (exact) mass is 145 g/mol. The summed E-state index contributed by atoms with van der Waals surface area (Å²) in [5, 5.41) is 15.5. The molecule has 0 saturated heterocycles. The molecular formula is C7H3N3O. The number of rotatable bonds is 0. The molecule has 4 nitrogen and oxygen atoms in total. The van der Waals surface area contributed by atoms with Crippen molar-refractivity contribution < 1.29 is 4.52 Å². The van der Waals surface area contributed by atoms with Gasteiger partial charge in [0.25, 0.3) is 0 Å². The van der Waals surface area contributed by atoms with Crippen LogP contribution < -0.4 is 0 Å². The molecule has 1 aromatic carbocycles. The van der Waals surface area contributed by atoms with Gasteiger partial charge in [0.05, 0.1) is 11.6 Å². The van der Waals surface area contributed by atoms with Gasteiger partial charge in [-0.15, -0.1) is 5.10 Å². The van der Waals surface area contributed by atoms with Gasteiger partial charge in [-0.3, -0.25) is 0 Å². The lowest BCUT2D eigenvalue weighted by Gasteiger charge is -1.83. The van der Waals surface area contributed by atoms with Gasteiger partial charge in [0, 0.05) is 5.27 Å². The molecule has 2 aromatic rings. The first-order chi connectivity index (χ1) is 5.40. The molecule has 52 valence electrons. The molecule has 0 fully saturated rings. The molecule has 1 aromatic heterocycles. The van der Waals surface area contributed by atoms with Gasteiger partial charge in [0.15, 0.2) is 5.58 Å². The average Bonchev–Trinajstić information content (AvgIpc) is 2.50. The van der Waals surface area contributed by atoms with Gasteiger partial charge in [-0.1, -0.05) is 0 Å². The Morgan fingerprint density at radius 3 is 3.18 bits per heavy atom. The second kappa shape index (κ2) is 2.06. The standard InChI is InChI=1S/C7H3N3O/c8-4-5-1-2-7-6(3-5)9-10-11-7/h1-3H. The minimum atomic E-state index is 0.563. The molecule has 11 heavy (non-hydrogen) atoms. The van der Waals surface area contributed by atoms with E-state index in [1.807, 2.05) is 6.07 Å². The van der Waals surface area contributed by atoms with Crippen molar-refractivity contribution in [2.45, 2.75) is 0 Å². The van der Waals surface area contributed by atoms with Crippen LogP contribution in [0, 0.1) is 11.3 Å². The molecule has 0 bridgehead atoms.